The fourth-order valence-corrected chi connectivity index (χ4v) is 4.77. The molecule has 0 saturated carbocycles. The summed E-state index contributed by atoms with van der Waals surface area (Å²) in [5, 5.41) is 39.2. The molecule has 9 heteroatoms. The highest BCUT2D eigenvalue weighted by Gasteiger charge is 2.44. The average Bonchev–Trinajstić information content (AvgIpc) is 3.01. The highest BCUT2D eigenvalue weighted by atomic mass is 16.7. The second-order valence-corrected chi connectivity index (χ2v) is 11.3. The summed E-state index contributed by atoms with van der Waals surface area (Å²) in [5.41, 5.74) is 0. The Morgan fingerprint density at radius 1 is 0.727 bits per heavy atom. The van der Waals surface area contributed by atoms with Crippen LogP contribution in [0.2, 0.25) is 0 Å². The molecule has 0 aromatic rings. The monoisotopic (exact) mass is 624 g/mol. The number of ether oxygens (including phenoxy) is 4. The molecule has 0 radical (unpaired) electrons. The van der Waals surface area contributed by atoms with E-state index in [1.165, 1.54) is 51.9 Å². The summed E-state index contributed by atoms with van der Waals surface area (Å²) >= 11 is 0. The number of carbonyl (C=O) groups is 1. The summed E-state index contributed by atoms with van der Waals surface area (Å²) in [5.74, 6) is -0.495. The average molecular weight is 625 g/mol. The van der Waals surface area contributed by atoms with E-state index in [4.69, 9.17) is 18.9 Å². The Bertz CT molecular complexity index is 808. The van der Waals surface area contributed by atoms with Gasteiger partial charge in [-0.25, -0.2) is 0 Å². The fraction of sp³-hybridized carbons (Fsp3) is 0.743. The van der Waals surface area contributed by atoms with Crippen LogP contribution in [0.5, 0.6) is 0 Å². The minimum Gasteiger partial charge on any atom is -0.458 e. The van der Waals surface area contributed by atoms with Crippen LogP contribution >= 0.6 is 0 Å². The molecule has 1 heterocycles. The Labute approximate surface area is 265 Å². The van der Waals surface area contributed by atoms with Gasteiger partial charge in [0.1, 0.15) is 30.5 Å². The van der Waals surface area contributed by atoms with E-state index in [0.29, 0.717) is 6.61 Å². The molecule has 1 aliphatic heterocycles. The maximum absolute atomic E-state index is 11.5. The molecule has 1 aliphatic rings. The van der Waals surface area contributed by atoms with Gasteiger partial charge in [-0.1, -0.05) is 100 Å². The summed E-state index contributed by atoms with van der Waals surface area (Å²) < 4.78 is 21.7. The second kappa shape index (κ2) is 27.5. The zero-order chi connectivity index (χ0) is 32.3. The van der Waals surface area contributed by atoms with Gasteiger partial charge in [0.2, 0.25) is 0 Å². The SMILES string of the molecule is CC/C=C\C/C=C\C/C=C\C/C=C\CCCCCCCCCCCOCC(COC1OC(CO)C(O)C(O)C1O)OC(C)=O. The number of aliphatic hydroxyl groups is 4. The topological polar surface area (TPSA) is 135 Å². The third-order valence-corrected chi connectivity index (χ3v) is 7.31. The van der Waals surface area contributed by atoms with Crippen LogP contribution in [0.3, 0.4) is 0 Å². The highest BCUT2D eigenvalue weighted by molar-refractivity contribution is 5.66. The Morgan fingerprint density at radius 3 is 1.84 bits per heavy atom. The van der Waals surface area contributed by atoms with E-state index in [-0.39, 0.29) is 13.2 Å². The molecule has 0 amide bonds. The van der Waals surface area contributed by atoms with Crippen LogP contribution in [-0.4, -0.2) is 89.6 Å². The quantitative estimate of drug-likeness (QED) is 0.0562. The van der Waals surface area contributed by atoms with Crippen molar-refractivity contribution in [2.75, 3.05) is 26.4 Å². The lowest BCUT2D eigenvalue weighted by Gasteiger charge is -2.39. The Hall–Kier alpha value is -1.85. The normalized spacial score (nSPS) is 23.5. The zero-order valence-electron chi connectivity index (χ0n) is 27.1. The number of hydrogen-bond donors (Lipinski definition) is 4. The Kier molecular flexibility index (Phi) is 25.1. The molecule has 6 unspecified atom stereocenters. The molecule has 6 atom stereocenters. The van der Waals surface area contributed by atoms with Crippen LogP contribution in [0.15, 0.2) is 48.6 Å². The summed E-state index contributed by atoms with van der Waals surface area (Å²) in [6.45, 7) is 3.42. The summed E-state index contributed by atoms with van der Waals surface area (Å²) in [4.78, 5) is 11.5. The van der Waals surface area contributed by atoms with Crippen molar-refractivity contribution in [2.45, 2.75) is 141 Å². The van der Waals surface area contributed by atoms with Gasteiger partial charge < -0.3 is 39.4 Å². The molecule has 1 rings (SSSR count). The maximum Gasteiger partial charge on any atom is 0.303 e. The lowest BCUT2D eigenvalue weighted by atomic mass is 9.99. The van der Waals surface area contributed by atoms with E-state index in [1.807, 2.05) is 0 Å². The number of aliphatic hydroxyl groups excluding tert-OH is 4. The molecule has 0 aromatic carbocycles. The molecular weight excluding hydrogens is 564 g/mol. The lowest BCUT2D eigenvalue weighted by Crippen LogP contribution is -2.59. The first-order valence-electron chi connectivity index (χ1n) is 16.7. The van der Waals surface area contributed by atoms with Gasteiger partial charge >= 0.3 is 5.97 Å². The Morgan fingerprint density at radius 2 is 1.27 bits per heavy atom. The van der Waals surface area contributed by atoms with Gasteiger partial charge in [0.25, 0.3) is 0 Å². The van der Waals surface area contributed by atoms with Gasteiger partial charge in [0.15, 0.2) is 6.29 Å². The van der Waals surface area contributed by atoms with Crippen molar-refractivity contribution < 1.29 is 44.2 Å². The summed E-state index contributed by atoms with van der Waals surface area (Å²) in [6.07, 6.45) is 26.4. The maximum atomic E-state index is 11.5. The van der Waals surface area contributed by atoms with Crippen LogP contribution < -0.4 is 0 Å². The predicted molar refractivity (Wildman–Crippen MR) is 173 cm³/mol. The summed E-state index contributed by atoms with van der Waals surface area (Å²) in [7, 11) is 0. The first kappa shape index (κ1) is 40.2. The van der Waals surface area contributed by atoms with Gasteiger partial charge in [-0.3, -0.25) is 4.79 Å². The molecule has 4 N–H and O–H groups in total. The minimum absolute atomic E-state index is 0.123. The summed E-state index contributed by atoms with van der Waals surface area (Å²) in [6, 6.07) is 0. The standard InChI is InChI=1S/C35H60O9/c1-3-4-5-6-7-8-9-10-11-12-13-14-15-16-17-18-19-20-21-22-23-24-25-41-27-30(43-29(2)37)28-42-35-34(40)33(39)32(38)31(26-36)44-35/h4-5,7-8,10-11,13-14,30-36,38-40H,3,6,9,12,15-28H2,1-2H3/b5-4-,8-7-,11-10-,14-13-. The molecule has 0 bridgehead atoms. The fourth-order valence-electron chi connectivity index (χ4n) is 4.77. The smallest absolute Gasteiger partial charge is 0.303 e. The number of carbonyl (C=O) groups excluding carboxylic acids is 1. The first-order valence-corrected chi connectivity index (χ1v) is 16.7. The lowest BCUT2D eigenvalue weighted by molar-refractivity contribution is -0.305. The van der Waals surface area contributed by atoms with Gasteiger partial charge in [-0.2, -0.15) is 0 Å². The molecule has 0 aliphatic carbocycles. The van der Waals surface area contributed by atoms with Crippen molar-refractivity contribution in [3.8, 4) is 0 Å². The molecule has 9 nitrogen and oxygen atoms in total. The number of unbranched alkanes of at least 4 members (excludes halogenated alkanes) is 9. The van der Waals surface area contributed by atoms with Crippen molar-refractivity contribution in [3.05, 3.63) is 48.6 Å². The van der Waals surface area contributed by atoms with E-state index >= 15 is 0 Å². The van der Waals surface area contributed by atoms with Gasteiger partial charge in [0.05, 0.1) is 19.8 Å². The molecular formula is C35H60O9. The third-order valence-electron chi connectivity index (χ3n) is 7.31. The number of esters is 1. The van der Waals surface area contributed by atoms with Crippen molar-refractivity contribution in [1.29, 1.82) is 0 Å². The van der Waals surface area contributed by atoms with E-state index in [1.54, 1.807) is 0 Å². The number of allylic oxidation sites excluding steroid dienone is 8. The van der Waals surface area contributed by atoms with Crippen LogP contribution in [0.25, 0.3) is 0 Å². The van der Waals surface area contributed by atoms with E-state index in [0.717, 1.165) is 44.9 Å². The van der Waals surface area contributed by atoms with E-state index < -0.39 is 49.4 Å². The largest absolute Gasteiger partial charge is 0.458 e. The van der Waals surface area contributed by atoms with Crippen molar-refractivity contribution in [3.63, 3.8) is 0 Å². The first-order chi connectivity index (χ1) is 21.4. The molecule has 0 spiro atoms. The minimum atomic E-state index is -1.53. The van der Waals surface area contributed by atoms with E-state index in [2.05, 4.69) is 55.5 Å². The highest BCUT2D eigenvalue weighted by Crippen LogP contribution is 2.22. The zero-order valence-corrected chi connectivity index (χ0v) is 27.1. The van der Waals surface area contributed by atoms with Crippen LogP contribution in [0.1, 0.15) is 104 Å². The second-order valence-electron chi connectivity index (χ2n) is 11.3. The van der Waals surface area contributed by atoms with Gasteiger partial charge in [-0.05, 0) is 44.9 Å². The van der Waals surface area contributed by atoms with Crippen molar-refractivity contribution in [2.24, 2.45) is 0 Å². The van der Waals surface area contributed by atoms with Crippen LogP contribution in [-0.2, 0) is 23.7 Å². The molecule has 44 heavy (non-hydrogen) atoms. The van der Waals surface area contributed by atoms with E-state index in [9.17, 15) is 25.2 Å². The molecule has 0 aromatic heterocycles. The predicted octanol–water partition coefficient (Wildman–Crippen LogP) is 5.46. The van der Waals surface area contributed by atoms with Crippen LogP contribution in [0, 0.1) is 0 Å². The van der Waals surface area contributed by atoms with Crippen molar-refractivity contribution >= 4 is 5.97 Å². The van der Waals surface area contributed by atoms with Gasteiger partial charge in [0, 0.05) is 13.5 Å². The number of rotatable bonds is 26. The van der Waals surface area contributed by atoms with Gasteiger partial charge in [-0.15, -0.1) is 0 Å². The molecule has 254 valence electrons. The van der Waals surface area contributed by atoms with Crippen LogP contribution in [0.4, 0.5) is 0 Å². The third kappa shape index (κ3) is 20.2. The molecule has 1 fully saturated rings. The van der Waals surface area contributed by atoms with Crippen molar-refractivity contribution in [1.82, 2.24) is 0 Å². The molecule has 1 saturated heterocycles. The Balaban J connectivity index is 2.00. The number of hydrogen-bond acceptors (Lipinski definition) is 9.